The fourth-order valence-corrected chi connectivity index (χ4v) is 2.97. The second-order valence-electron chi connectivity index (χ2n) is 5.76. The van der Waals surface area contributed by atoms with Gasteiger partial charge in [-0.1, -0.05) is 6.07 Å². The van der Waals surface area contributed by atoms with Gasteiger partial charge in [-0.15, -0.1) is 0 Å². The lowest BCUT2D eigenvalue weighted by atomic mass is 9.97. The van der Waals surface area contributed by atoms with Crippen molar-refractivity contribution in [2.24, 2.45) is 5.73 Å². The van der Waals surface area contributed by atoms with Gasteiger partial charge in [-0.2, -0.15) is 13.2 Å². The molecule has 1 aromatic carbocycles. The van der Waals surface area contributed by atoms with Crippen molar-refractivity contribution in [1.29, 1.82) is 0 Å². The maximum absolute atomic E-state index is 13.2. The minimum Gasteiger partial charge on any atom is -0.496 e. The molecule has 0 radical (unpaired) electrons. The Morgan fingerprint density at radius 1 is 1.25 bits per heavy atom. The number of methoxy groups -OCH3 is 2. The highest BCUT2D eigenvalue weighted by Crippen LogP contribution is 2.34. The molecule has 8 heteroatoms. The lowest BCUT2D eigenvalue weighted by molar-refractivity contribution is -0.196. The van der Waals surface area contributed by atoms with Crippen LogP contribution in [-0.2, 0) is 11.2 Å². The van der Waals surface area contributed by atoms with Gasteiger partial charge in [0, 0.05) is 18.2 Å². The summed E-state index contributed by atoms with van der Waals surface area (Å²) in [6.07, 6.45) is -4.65. The zero-order valence-corrected chi connectivity index (χ0v) is 13.6. The first kappa shape index (κ1) is 18.4. The van der Waals surface area contributed by atoms with E-state index in [1.165, 1.54) is 14.2 Å². The van der Waals surface area contributed by atoms with Gasteiger partial charge >= 0.3 is 6.18 Å². The Balaban J connectivity index is 2.27. The van der Waals surface area contributed by atoms with E-state index in [0.29, 0.717) is 17.1 Å². The summed E-state index contributed by atoms with van der Waals surface area (Å²) >= 11 is 0. The van der Waals surface area contributed by atoms with Crippen LogP contribution in [0.3, 0.4) is 0 Å². The average molecular weight is 346 g/mol. The van der Waals surface area contributed by atoms with Crippen molar-refractivity contribution in [3.05, 3.63) is 23.8 Å². The van der Waals surface area contributed by atoms with Crippen LogP contribution >= 0.6 is 0 Å². The number of piperidine rings is 1. The Labute approximate surface area is 138 Å². The number of halogens is 3. The van der Waals surface area contributed by atoms with E-state index in [9.17, 15) is 18.0 Å². The van der Waals surface area contributed by atoms with Crippen molar-refractivity contribution in [3.8, 4) is 11.5 Å². The van der Waals surface area contributed by atoms with Gasteiger partial charge in [0.2, 0.25) is 5.91 Å². The number of hydrogen-bond donors (Lipinski definition) is 1. The van der Waals surface area contributed by atoms with Crippen molar-refractivity contribution >= 4 is 5.91 Å². The zero-order chi connectivity index (χ0) is 17.9. The van der Waals surface area contributed by atoms with E-state index in [0.717, 1.165) is 4.90 Å². The Morgan fingerprint density at radius 3 is 2.33 bits per heavy atom. The van der Waals surface area contributed by atoms with Crippen molar-refractivity contribution < 1.29 is 27.4 Å². The maximum Gasteiger partial charge on any atom is 0.408 e. The smallest absolute Gasteiger partial charge is 0.408 e. The highest BCUT2D eigenvalue weighted by atomic mass is 19.4. The van der Waals surface area contributed by atoms with Crippen LogP contribution < -0.4 is 15.2 Å². The van der Waals surface area contributed by atoms with Gasteiger partial charge in [-0.05, 0) is 25.0 Å². The molecule has 1 amide bonds. The summed E-state index contributed by atoms with van der Waals surface area (Å²) in [6.45, 7) is -0.111. The molecular weight excluding hydrogens is 325 g/mol. The number of rotatable bonds is 4. The first-order valence-corrected chi connectivity index (χ1v) is 7.59. The topological polar surface area (TPSA) is 64.8 Å². The summed E-state index contributed by atoms with van der Waals surface area (Å²) in [5, 5.41) is 0. The summed E-state index contributed by atoms with van der Waals surface area (Å²) < 4.78 is 50.1. The minimum atomic E-state index is -4.47. The average Bonchev–Trinajstić information content (AvgIpc) is 2.53. The summed E-state index contributed by atoms with van der Waals surface area (Å²) in [5.41, 5.74) is 6.19. The molecule has 5 nitrogen and oxygen atoms in total. The van der Waals surface area contributed by atoms with Crippen LogP contribution in [0.1, 0.15) is 18.4 Å². The van der Waals surface area contributed by atoms with Crippen molar-refractivity contribution in [3.63, 3.8) is 0 Å². The first-order valence-electron chi connectivity index (χ1n) is 7.59. The van der Waals surface area contributed by atoms with E-state index in [4.69, 9.17) is 15.2 Å². The van der Waals surface area contributed by atoms with Gasteiger partial charge in [0.25, 0.3) is 0 Å². The number of carbonyl (C=O) groups excluding carboxylic acids is 1. The highest BCUT2D eigenvalue weighted by molar-refractivity contribution is 5.81. The summed E-state index contributed by atoms with van der Waals surface area (Å²) in [4.78, 5) is 13.4. The van der Waals surface area contributed by atoms with Gasteiger partial charge in [0.1, 0.15) is 17.5 Å². The van der Waals surface area contributed by atoms with Crippen LogP contribution in [0.5, 0.6) is 11.5 Å². The van der Waals surface area contributed by atoms with Crippen LogP contribution in [0.4, 0.5) is 13.2 Å². The zero-order valence-electron chi connectivity index (χ0n) is 13.6. The fraction of sp³-hybridized carbons (Fsp3) is 0.562. The molecule has 1 saturated heterocycles. The number of ether oxygens (including phenoxy) is 2. The first-order chi connectivity index (χ1) is 11.3. The van der Waals surface area contributed by atoms with E-state index in [1.807, 2.05) is 0 Å². The molecule has 2 N–H and O–H groups in total. The van der Waals surface area contributed by atoms with Crippen molar-refractivity contribution in [2.75, 3.05) is 20.8 Å². The predicted molar refractivity (Wildman–Crippen MR) is 82.0 cm³/mol. The second-order valence-corrected chi connectivity index (χ2v) is 5.76. The molecule has 134 valence electrons. The Bertz CT molecular complexity index is 570. The molecule has 24 heavy (non-hydrogen) atoms. The lowest BCUT2D eigenvalue weighted by Crippen LogP contribution is -2.57. The second kappa shape index (κ2) is 7.29. The molecule has 1 aliphatic heterocycles. The number of amides is 1. The Hall–Kier alpha value is -1.96. The lowest BCUT2D eigenvalue weighted by Gasteiger charge is -2.39. The molecular formula is C16H21F3N2O3. The van der Waals surface area contributed by atoms with Gasteiger partial charge in [0.05, 0.1) is 20.6 Å². The largest absolute Gasteiger partial charge is 0.496 e. The van der Waals surface area contributed by atoms with Gasteiger partial charge in [-0.25, -0.2) is 0 Å². The molecule has 1 heterocycles. The van der Waals surface area contributed by atoms with Crippen molar-refractivity contribution in [2.45, 2.75) is 37.5 Å². The predicted octanol–water partition coefficient (Wildman–Crippen LogP) is 2.13. The standard InChI is InChI=1S/C16H21F3N2O3/c1-23-12-4-3-5-13(24-2)11(12)8-15(22)21-9-10(20)6-7-14(21)16(17,18)19/h3-5,10,14H,6-9,20H2,1-2H3. The molecule has 0 aromatic heterocycles. The highest BCUT2D eigenvalue weighted by Gasteiger charge is 2.47. The van der Waals surface area contributed by atoms with Gasteiger partial charge < -0.3 is 20.1 Å². The molecule has 1 aliphatic rings. The van der Waals surface area contributed by atoms with Crippen LogP contribution in [0.15, 0.2) is 18.2 Å². The molecule has 1 aromatic rings. The SMILES string of the molecule is COc1cccc(OC)c1CC(=O)N1CC(N)CCC1C(F)(F)F. The van der Waals surface area contributed by atoms with E-state index < -0.39 is 24.2 Å². The molecule has 2 unspecified atom stereocenters. The Morgan fingerprint density at radius 2 is 1.83 bits per heavy atom. The Kier molecular flexibility index (Phi) is 5.58. The number of likely N-dealkylation sites (tertiary alicyclic amines) is 1. The summed E-state index contributed by atoms with van der Waals surface area (Å²) in [7, 11) is 2.86. The molecule has 0 saturated carbocycles. The summed E-state index contributed by atoms with van der Waals surface area (Å²) in [5.74, 6) is 0.149. The molecule has 0 bridgehead atoms. The van der Waals surface area contributed by atoms with E-state index in [-0.39, 0.29) is 25.8 Å². The minimum absolute atomic E-state index is 0.111. The molecule has 0 aliphatic carbocycles. The molecule has 2 atom stereocenters. The third-order valence-electron chi connectivity index (χ3n) is 4.17. The van der Waals surface area contributed by atoms with Gasteiger partial charge in [0.15, 0.2) is 0 Å². The maximum atomic E-state index is 13.2. The van der Waals surface area contributed by atoms with Crippen LogP contribution in [0, 0.1) is 0 Å². The molecule has 0 spiro atoms. The molecule has 2 rings (SSSR count). The number of alkyl halides is 3. The number of carbonyl (C=O) groups is 1. The normalized spacial score (nSPS) is 21.5. The number of benzene rings is 1. The van der Waals surface area contributed by atoms with E-state index in [1.54, 1.807) is 18.2 Å². The third-order valence-corrected chi connectivity index (χ3v) is 4.17. The fourth-order valence-electron chi connectivity index (χ4n) is 2.97. The monoisotopic (exact) mass is 346 g/mol. The van der Waals surface area contributed by atoms with Crippen LogP contribution in [-0.4, -0.2) is 49.8 Å². The quantitative estimate of drug-likeness (QED) is 0.907. The number of nitrogens with zero attached hydrogens (tertiary/aromatic N) is 1. The number of nitrogens with two attached hydrogens (primary N) is 1. The third kappa shape index (κ3) is 3.92. The van der Waals surface area contributed by atoms with Gasteiger partial charge in [-0.3, -0.25) is 4.79 Å². The van der Waals surface area contributed by atoms with E-state index >= 15 is 0 Å². The summed E-state index contributed by atoms with van der Waals surface area (Å²) in [6, 6.07) is 2.70. The van der Waals surface area contributed by atoms with Crippen LogP contribution in [0.25, 0.3) is 0 Å². The molecule has 1 fully saturated rings. The number of hydrogen-bond acceptors (Lipinski definition) is 4. The van der Waals surface area contributed by atoms with Crippen LogP contribution in [0.2, 0.25) is 0 Å². The van der Waals surface area contributed by atoms with Crippen molar-refractivity contribution in [1.82, 2.24) is 4.90 Å². The van der Waals surface area contributed by atoms with E-state index in [2.05, 4.69) is 0 Å².